The van der Waals surface area contributed by atoms with Crippen LogP contribution in [0.2, 0.25) is 0 Å². The Kier molecular flexibility index (Phi) is 6.37. The Hall–Kier alpha value is -0.650. The molecule has 5 nitrogen and oxygen atoms in total. The van der Waals surface area contributed by atoms with E-state index in [-0.39, 0.29) is 5.91 Å². The molecule has 0 spiro atoms. The van der Waals surface area contributed by atoms with Crippen LogP contribution < -0.4 is 11.1 Å². The van der Waals surface area contributed by atoms with Gasteiger partial charge in [-0.05, 0) is 38.4 Å². The van der Waals surface area contributed by atoms with Crippen molar-refractivity contribution in [3.05, 3.63) is 0 Å². The number of ether oxygens (including phenoxy) is 1. The number of hydrogen-bond donors (Lipinski definition) is 2. The van der Waals surface area contributed by atoms with E-state index < -0.39 is 0 Å². The Morgan fingerprint density at radius 1 is 1.50 bits per heavy atom. The minimum absolute atomic E-state index is 0.225. The van der Waals surface area contributed by atoms with Gasteiger partial charge in [-0.15, -0.1) is 0 Å². The molecule has 0 atom stereocenters. The molecule has 0 radical (unpaired) electrons. The van der Waals surface area contributed by atoms with Crippen LogP contribution in [0.1, 0.15) is 12.8 Å². The van der Waals surface area contributed by atoms with Crippen molar-refractivity contribution in [2.75, 3.05) is 46.4 Å². The second kappa shape index (κ2) is 7.60. The van der Waals surface area contributed by atoms with Gasteiger partial charge in [0.25, 0.3) is 0 Å². The average molecular weight is 229 g/mol. The first kappa shape index (κ1) is 13.4. The maximum Gasteiger partial charge on any atom is 0.231 e. The molecule has 1 saturated heterocycles. The van der Waals surface area contributed by atoms with E-state index in [0.717, 1.165) is 51.5 Å². The number of rotatable bonds is 7. The largest absolute Gasteiger partial charge is 0.383 e. The third-order valence-electron chi connectivity index (χ3n) is 3.00. The highest BCUT2D eigenvalue weighted by molar-refractivity contribution is 5.75. The number of carbonyl (C=O) groups is 1. The van der Waals surface area contributed by atoms with Gasteiger partial charge in [0, 0.05) is 13.7 Å². The third kappa shape index (κ3) is 5.44. The normalized spacial score (nSPS) is 18.8. The topological polar surface area (TPSA) is 67.6 Å². The molecule has 1 amide bonds. The van der Waals surface area contributed by atoms with Gasteiger partial charge in [-0.3, -0.25) is 9.69 Å². The molecule has 1 heterocycles. The summed E-state index contributed by atoms with van der Waals surface area (Å²) in [6.45, 7) is 5.11. The van der Waals surface area contributed by atoms with Gasteiger partial charge < -0.3 is 15.8 Å². The first-order chi connectivity index (χ1) is 7.72. The minimum Gasteiger partial charge on any atom is -0.383 e. The lowest BCUT2D eigenvalue weighted by atomic mass is 9.97. The molecule has 0 aromatic carbocycles. The van der Waals surface area contributed by atoms with Crippen molar-refractivity contribution in [1.82, 2.24) is 10.2 Å². The summed E-state index contributed by atoms with van der Waals surface area (Å²) in [7, 11) is 1.71. The van der Waals surface area contributed by atoms with Gasteiger partial charge in [-0.1, -0.05) is 0 Å². The van der Waals surface area contributed by atoms with E-state index in [0.29, 0.717) is 6.54 Å². The van der Waals surface area contributed by atoms with E-state index in [1.54, 1.807) is 7.11 Å². The number of nitrogens with one attached hydrogen (secondary N) is 1. The summed E-state index contributed by atoms with van der Waals surface area (Å²) < 4.78 is 4.97. The lowest BCUT2D eigenvalue weighted by molar-refractivity contribution is -0.119. The monoisotopic (exact) mass is 229 g/mol. The van der Waals surface area contributed by atoms with Gasteiger partial charge in [-0.2, -0.15) is 0 Å². The fraction of sp³-hybridized carbons (Fsp3) is 0.909. The SMILES string of the molecule is COCCNCC1CCN(CC(N)=O)CC1. The Morgan fingerprint density at radius 2 is 2.19 bits per heavy atom. The van der Waals surface area contributed by atoms with Crippen molar-refractivity contribution in [3.8, 4) is 0 Å². The van der Waals surface area contributed by atoms with Gasteiger partial charge in [0.05, 0.1) is 13.2 Å². The standard InChI is InChI=1S/C11H23N3O2/c1-16-7-4-13-8-10-2-5-14(6-3-10)9-11(12)15/h10,13H,2-9H2,1H3,(H2,12,15). The zero-order valence-electron chi connectivity index (χ0n) is 10.1. The highest BCUT2D eigenvalue weighted by Crippen LogP contribution is 2.15. The quantitative estimate of drug-likeness (QED) is 0.573. The Balaban J connectivity index is 2.05. The molecular formula is C11H23N3O2. The van der Waals surface area contributed by atoms with Crippen LogP contribution >= 0.6 is 0 Å². The van der Waals surface area contributed by atoms with Crippen LogP contribution in [0.15, 0.2) is 0 Å². The molecule has 0 saturated carbocycles. The van der Waals surface area contributed by atoms with Crippen LogP contribution in [0.5, 0.6) is 0 Å². The molecule has 3 N–H and O–H groups in total. The van der Waals surface area contributed by atoms with Gasteiger partial charge in [0.15, 0.2) is 0 Å². The molecule has 1 rings (SSSR count). The number of nitrogens with two attached hydrogens (primary N) is 1. The summed E-state index contributed by atoms with van der Waals surface area (Å²) in [6, 6.07) is 0. The van der Waals surface area contributed by atoms with Gasteiger partial charge >= 0.3 is 0 Å². The highest BCUT2D eigenvalue weighted by Gasteiger charge is 2.19. The molecule has 0 aliphatic carbocycles. The third-order valence-corrected chi connectivity index (χ3v) is 3.00. The zero-order valence-corrected chi connectivity index (χ0v) is 10.1. The Morgan fingerprint density at radius 3 is 2.75 bits per heavy atom. The molecule has 0 aromatic rings. The molecule has 0 aromatic heterocycles. The lowest BCUT2D eigenvalue weighted by Crippen LogP contribution is -2.41. The van der Waals surface area contributed by atoms with Crippen molar-refractivity contribution < 1.29 is 9.53 Å². The fourth-order valence-corrected chi connectivity index (χ4v) is 2.05. The molecule has 1 aliphatic rings. The van der Waals surface area contributed by atoms with Crippen molar-refractivity contribution in [3.63, 3.8) is 0 Å². The summed E-state index contributed by atoms with van der Waals surface area (Å²) in [5, 5.41) is 3.38. The first-order valence-corrected chi connectivity index (χ1v) is 5.92. The van der Waals surface area contributed by atoms with Gasteiger partial charge in [0.2, 0.25) is 5.91 Å². The van der Waals surface area contributed by atoms with Crippen LogP contribution in [0.4, 0.5) is 0 Å². The fourth-order valence-electron chi connectivity index (χ4n) is 2.05. The summed E-state index contributed by atoms with van der Waals surface area (Å²) in [4.78, 5) is 12.9. The number of hydrogen-bond acceptors (Lipinski definition) is 4. The van der Waals surface area contributed by atoms with E-state index in [1.165, 1.54) is 0 Å². The minimum atomic E-state index is -0.225. The summed E-state index contributed by atoms with van der Waals surface area (Å²) in [5.74, 6) is 0.498. The van der Waals surface area contributed by atoms with Gasteiger partial charge in [-0.25, -0.2) is 0 Å². The molecule has 16 heavy (non-hydrogen) atoms. The van der Waals surface area contributed by atoms with Crippen LogP contribution in [-0.2, 0) is 9.53 Å². The first-order valence-electron chi connectivity index (χ1n) is 5.92. The molecular weight excluding hydrogens is 206 g/mol. The number of nitrogens with zero attached hydrogens (tertiary/aromatic N) is 1. The number of primary amides is 1. The number of carbonyl (C=O) groups excluding carboxylic acids is 1. The maximum atomic E-state index is 10.7. The number of piperidine rings is 1. The highest BCUT2D eigenvalue weighted by atomic mass is 16.5. The molecule has 1 aliphatic heterocycles. The van der Waals surface area contributed by atoms with Gasteiger partial charge in [0.1, 0.15) is 0 Å². The van der Waals surface area contributed by atoms with E-state index in [2.05, 4.69) is 10.2 Å². The predicted octanol–water partition coefficient (Wildman–Crippen LogP) is -0.580. The van der Waals surface area contributed by atoms with E-state index in [1.807, 2.05) is 0 Å². The molecule has 5 heteroatoms. The van der Waals surface area contributed by atoms with Crippen LogP contribution in [-0.4, -0.2) is 57.2 Å². The molecule has 94 valence electrons. The molecule has 1 fully saturated rings. The number of amides is 1. The smallest absolute Gasteiger partial charge is 0.231 e. The van der Waals surface area contributed by atoms with Crippen molar-refractivity contribution in [2.24, 2.45) is 11.7 Å². The van der Waals surface area contributed by atoms with E-state index in [4.69, 9.17) is 10.5 Å². The lowest BCUT2D eigenvalue weighted by Gasteiger charge is -2.31. The number of methoxy groups -OCH3 is 1. The van der Waals surface area contributed by atoms with Crippen molar-refractivity contribution in [2.45, 2.75) is 12.8 Å². The molecule has 0 bridgehead atoms. The van der Waals surface area contributed by atoms with Crippen molar-refractivity contribution in [1.29, 1.82) is 0 Å². The average Bonchev–Trinajstić information content (AvgIpc) is 2.26. The Labute approximate surface area is 97.3 Å². The second-order valence-corrected chi connectivity index (χ2v) is 4.38. The zero-order chi connectivity index (χ0) is 11.8. The second-order valence-electron chi connectivity index (χ2n) is 4.38. The van der Waals surface area contributed by atoms with Crippen LogP contribution in [0.25, 0.3) is 0 Å². The summed E-state index contributed by atoms with van der Waals surface area (Å²) in [5.41, 5.74) is 5.16. The Bertz CT molecular complexity index is 203. The predicted molar refractivity (Wildman–Crippen MR) is 63.1 cm³/mol. The van der Waals surface area contributed by atoms with E-state index in [9.17, 15) is 4.79 Å². The van der Waals surface area contributed by atoms with E-state index >= 15 is 0 Å². The number of likely N-dealkylation sites (tertiary alicyclic amines) is 1. The maximum absolute atomic E-state index is 10.7. The summed E-state index contributed by atoms with van der Waals surface area (Å²) >= 11 is 0. The molecule has 0 unspecified atom stereocenters. The van der Waals surface area contributed by atoms with Crippen molar-refractivity contribution >= 4 is 5.91 Å². The summed E-state index contributed by atoms with van der Waals surface area (Å²) in [6.07, 6.45) is 2.29. The van der Waals surface area contributed by atoms with Crippen LogP contribution in [0.3, 0.4) is 0 Å². The van der Waals surface area contributed by atoms with Crippen LogP contribution in [0, 0.1) is 5.92 Å².